The Morgan fingerprint density at radius 3 is 2.75 bits per heavy atom. The first-order valence-corrected chi connectivity index (χ1v) is 11.9. The van der Waals surface area contributed by atoms with Gasteiger partial charge in [-0.25, -0.2) is 9.97 Å². The summed E-state index contributed by atoms with van der Waals surface area (Å²) in [5.74, 6) is 0.224. The van der Waals surface area contributed by atoms with Gasteiger partial charge in [0.05, 0.1) is 22.1 Å². The summed E-state index contributed by atoms with van der Waals surface area (Å²) in [6.45, 7) is 0.633. The van der Waals surface area contributed by atoms with E-state index in [1.54, 1.807) is 19.1 Å². The lowest BCUT2D eigenvalue weighted by Crippen LogP contribution is -2.29. The number of rotatable bonds is 9. The minimum Gasteiger partial charge on any atom is -0.435 e. The van der Waals surface area contributed by atoms with Crippen molar-refractivity contribution < 1.29 is 23.1 Å². The molecule has 2 heterocycles. The summed E-state index contributed by atoms with van der Waals surface area (Å²) in [5, 5.41) is 4.05. The van der Waals surface area contributed by atoms with Crippen LogP contribution in [0.5, 0.6) is 5.75 Å². The molecule has 1 aliphatic rings. The molecule has 0 bridgehead atoms. The summed E-state index contributed by atoms with van der Waals surface area (Å²) in [4.78, 5) is 35.1. The van der Waals surface area contributed by atoms with Crippen LogP contribution in [0.2, 0.25) is 0 Å². The van der Waals surface area contributed by atoms with Crippen LogP contribution in [0.15, 0.2) is 35.4 Å². The van der Waals surface area contributed by atoms with Gasteiger partial charge in [-0.3, -0.25) is 9.59 Å². The number of benzene rings is 1. The summed E-state index contributed by atoms with van der Waals surface area (Å²) in [7, 11) is 0. The highest BCUT2D eigenvalue weighted by Crippen LogP contribution is 2.31. The number of hydrogen-bond donors (Lipinski definition) is 1. The Morgan fingerprint density at radius 1 is 1.25 bits per heavy atom. The van der Waals surface area contributed by atoms with Crippen LogP contribution in [-0.2, 0) is 4.79 Å². The SMILES string of the molecule is Cc1nc(SCC(=O)c2ccc(C(C)C(=O)NC3CC3)s2)c2cc(OC(F)F)ccc2n1. The molecule has 2 aromatic heterocycles. The topological polar surface area (TPSA) is 81.2 Å². The van der Waals surface area contributed by atoms with E-state index in [9.17, 15) is 18.4 Å². The second-order valence-electron chi connectivity index (χ2n) is 7.55. The molecule has 1 unspecified atom stereocenters. The van der Waals surface area contributed by atoms with Gasteiger partial charge in [0.1, 0.15) is 16.6 Å². The zero-order chi connectivity index (χ0) is 22.8. The normalized spacial score (nSPS) is 14.5. The van der Waals surface area contributed by atoms with E-state index in [2.05, 4.69) is 20.0 Å². The maximum Gasteiger partial charge on any atom is 0.387 e. The van der Waals surface area contributed by atoms with E-state index in [4.69, 9.17) is 0 Å². The van der Waals surface area contributed by atoms with Crippen LogP contribution in [0.3, 0.4) is 0 Å². The average Bonchev–Trinajstić information content (AvgIpc) is 3.42. The maximum absolute atomic E-state index is 12.8. The van der Waals surface area contributed by atoms with Crippen molar-refractivity contribution in [1.29, 1.82) is 0 Å². The molecule has 1 aliphatic carbocycles. The van der Waals surface area contributed by atoms with Crippen molar-refractivity contribution in [2.24, 2.45) is 0 Å². The largest absolute Gasteiger partial charge is 0.435 e. The number of nitrogens with zero attached hydrogens (tertiary/aromatic N) is 2. The van der Waals surface area contributed by atoms with Gasteiger partial charge in [0, 0.05) is 16.3 Å². The van der Waals surface area contributed by atoms with Gasteiger partial charge < -0.3 is 10.1 Å². The van der Waals surface area contributed by atoms with Crippen LogP contribution in [0, 0.1) is 6.92 Å². The number of carbonyl (C=O) groups excluding carboxylic acids is 2. The number of carbonyl (C=O) groups is 2. The Kier molecular flexibility index (Phi) is 6.71. The number of aryl methyl sites for hydroxylation is 1. The number of Topliss-reactive ketones (excluding diaryl/α,β-unsaturated/α-hetero) is 1. The first kappa shape index (κ1) is 22.6. The first-order chi connectivity index (χ1) is 15.3. The van der Waals surface area contributed by atoms with Gasteiger partial charge in [0.15, 0.2) is 5.78 Å². The summed E-state index contributed by atoms with van der Waals surface area (Å²) >= 11 is 2.54. The fourth-order valence-electron chi connectivity index (χ4n) is 3.10. The van der Waals surface area contributed by atoms with Crippen LogP contribution < -0.4 is 10.1 Å². The van der Waals surface area contributed by atoms with Gasteiger partial charge in [0.2, 0.25) is 5.91 Å². The lowest BCUT2D eigenvalue weighted by Gasteiger charge is -2.09. The molecular formula is C22H21F2N3O3S2. The number of thioether (sulfide) groups is 1. The smallest absolute Gasteiger partial charge is 0.387 e. The van der Waals surface area contributed by atoms with E-state index >= 15 is 0 Å². The van der Waals surface area contributed by atoms with E-state index < -0.39 is 6.61 Å². The molecular weight excluding hydrogens is 456 g/mol. The van der Waals surface area contributed by atoms with Gasteiger partial charge in [-0.15, -0.1) is 11.3 Å². The Balaban J connectivity index is 1.46. The molecule has 0 spiro atoms. The molecule has 32 heavy (non-hydrogen) atoms. The Bertz CT molecular complexity index is 1160. The molecule has 1 atom stereocenters. The van der Waals surface area contributed by atoms with Gasteiger partial charge >= 0.3 is 6.61 Å². The molecule has 1 amide bonds. The second-order valence-corrected chi connectivity index (χ2v) is 9.63. The highest BCUT2D eigenvalue weighted by Gasteiger charge is 2.27. The quantitative estimate of drug-likeness (QED) is 0.267. The summed E-state index contributed by atoms with van der Waals surface area (Å²) in [6, 6.07) is 8.32. The molecule has 1 fully saturated rings. The molecule has 168 valence electrons. The Hall–Kier alpha value is -2.59. The molecule has 0 aliphatic heterocycles. The molecule has 6 nitrogen and oxygen atoms in total. The number of fused-ring (bicyclic) bond motifs is 1. The molecule has 0 saturated heterocycles. The van der Waals surface area contributed by atoms with Crippen molar-refractivity contribution in [3.8, 4) is 5.75 Å². The van der Waals surface area contributed by atoms with Crippen molar-refractivity contribution in [2.45, 2.75) is 50.3 Å². The van der Waals surface area contributed by atoms with Crippen LogP contribution >= 0.6 is 23.1 Å². The fraction of sp³-hybridized carbons (Fsp3) is 0.364. The predicted octanol–water partition coefficient (Wildman–Crippen LogP) is 4.96. The number of amides is 1. The lowest BCUT2D eigenvalue weighted by atomic mass is 10.1. The van der Waals surface area contributed by atoms with Crippen molar-refractivity contribution >= 4 is 45.7 Å². The molecule has 0 radical (unpaired) electrons. The van der Waals surface area contributed by atoms with Gasteiger partial charge in [-0.1, -0.05) is 11.8 Å². The molecule has 3 aromatic rings. The monoisotopic (exact) mass is 477 g/mol. The zero-order valence-electron chi connectivity index (χ0n) is 17.4. The standard InChI is InChI=1S/C22H21F2N3O3S2/c1-11(20(29)27-13-3-4-13)18-7-8-19(32-18)17(28)10-31-21-15-9-14(30-22(23)24)5-6-16(15)25-12(2)26-21/h5-9,11,13,22H,3-4,10H2,1-2H3,(H,27,29). The van der Waals surface area contributed by atoms with Crippen LogP contribution in [0.4, 0.5) is 8.78 Å². The summed E-state index contributed by atoms with van der Waals surface area (Å²) in [6.07, 6.45) is 2.05. The molecule has 1 aromatic carbocycles. The number of nitrogens with one attached hydrogen (secondary N) is 1. The third-order valence-corrected chi connectivity index (χ3v) is 7.25. The molecule has 1 saturated carbocycles. The highest BCUT2D eigenvalue weighted by molar-refractivity contribution is 8.00. The molecule has 1 N–H and O–H groups in total. The van der Waals surface area contributed by atoms with E-state index in [-0.39, 0.29) is 29.1 Å². The number of ketones is 1. The van der Waals surface area contributed by atoms with Crippen LogP contribution in [-0.4, -0.2) is 40.1 Å². The van der Waals surface area contributed by atoms with Crippen molar-refractivity contribution in [1.82, 2.24) is 15.3 Å². The predicted molar refractivity (Wildman–Crippen MR) is 120 cm³/mol. The number of hydrogen-bond acceptors (Lipinski definition) is 7. The number of halogens is 2. The average molecular weight is 478 g/mol. The van der Waals surface area contributed by atoms with E-state index in [0.29, 0.717) is 32.7 Å². The third-order valence-electron chi connectivity index (χ3n) is 4.95. The number of alkyl halides is 2. The highest BCUT2D eigenvalue weighted by atomic mass is 32.2. The second kappa shape index (κ2) is 9.50. The third kappa shape index (κ3) is 5.42. The van der Waals surface area contributed by atoms with Crippen LogP contribution in [0.1, 0.15) is 46.1 Å². The first-order valence-electron chi connectivity index (χ1n) is 10.1. The Labute approximate surface area is 191 Å². The van der Waals surface area contributed by atoms with Gasteiger partial charge in [-0.2, -0.15) is 8.78 Å². The summed E-state index contributed by atoms with van der Waals surface area (Å²) < 4.78 is 29.6. The van der Waals surface area contributed by atoms with E-state index in [0.717, 1.165) is 17.7 Å². The molecule has 10 heteroatoms. The lowest BCUT2D eigenvalue weighted by molar-refractivity contribution is -0.122. The van der Waals surface area contributed by atoms with E-state index in [1.165, 1.54) is 35.2 Å². The van der Waals surface area contributed by atoms with Crippen molar-refractivity contribution in [3.05, 3.63) is 45.9 Å². The minimum absolute atomic E-state index is 0.00879. The Morgan fingerprint density at radius 2 is 2.03 bits per heavy atom. The number of thiophene rings is 1. The number of ether oxygens (including phenoxy) is 1. The fourth-order valence-corrected chi connectivity index (χ4v) is 5.13. The van der Waals surface area contributed by atoms with Gasteiger partial charge in [0.25, 0.3) is 0 Å². The maximum atomic E-state index is 12.8. The van der Waals surface area contributed by atoms with Crippen LogP contribution in [0.25, 0.3) is 10.9 Å². The number of aromatic nitrogens is 2. The van der Waals surface area contributed by atoms with Crippen molar-refractivity contribution in [2.75, 3.05) is 5.75 Å². The zero-order valence-corrected chi connectivity index (χ0v) is 19.1. The van der Waals surface area contributed by atoms with E-state index in [1.807, 2.05) is 13.0 Å². The summed E-state index contributed by atoms with van der Waals surface area (Å²) in [5.41, 5.74) is 0.586. The minimum atomic E-state index is -2.93. The molecule has 4 rings (SSSR count). The van der Waals surface area contributed by atoms with Gasteiger partial charge in [-0.05, 0) is 57.0 Å². The van der Waals surface area contributed by atoms with Crippen molar-refractivity contribution in [3.63, 3.8) is 0 Å².